The number of anilines is 1. The van der Waals surface area contributed by atoms with E-state index in [4.69, 9.17) is 23.8 Å². The molecule has 0 aromatic heterocycles. The van der Waals surface area contributed by atoms with Crippen LogP contribution >= 0.6 is 35.6 Å². The highest BCUT2D eigenvalue weighted by atomic mass is 35.5. The van der Waals surface area contributed by atoms with E-state index in [1.807, 2.05) is 6.07 Å². The molecule has 1 heterocycles. The molecule has 7 heteroatoms. The predicted molar refractivity (Wildman–Crippen MR) is 103 cm³/mol. The number of benzene rings is 2. The fraction of sp³-hybridized carbons (Fsp3) is 0.0556. The fourth-order valence-electron chi connectivity index (χ4n) is 2.40. The third-order valence-electron chi connectivity index (χ3n) is 3.63. The third kappa shape index (κ3) is 3.61. The summed E-state index contributed by atoms with van der Waals surface area (Å²) in [6.45, 7) is 1.79. The molecule has 0 radical (unpaired) electrons. The number of hydrogen-bond donors (Lipinski definition) is 0. The molecule has 2 aromatic rings. The average molecular weight is 389 g/mol. The molecule has 3 rings (SSSR count). The summed E-state index contributed by atoms with van der Waals surface area (Å²) in [6, 6.07) is 11.6. The molecular formula is C18H11ClNO3S2-. The first-order valence-corrected chi connectivity index (χ1v) is 8.82. The van der Waals surface area contributed by atoms with Crippen LogP contribution in [-0.4, -0.2) is 16.2 Å². The molecule has 1 fully saturated rings. The van der Waals surface area contributed by atoms with E-state index in [-0.39, 0.29) is 11.5 Å². The van der Waals surface area contributed by atoms with Gasteiger partial charge in [-0.15, -0.1) is 0 Å². The number of carboxylic acid groups (broad SMARTS) is 1. The number of hydrogen-bond acceptors (Lipinski definition) is 5. The molecule has 0 bridgehead atoms. The number of carbonyl (C=O) groups is 2. The highest BCUT2D eigenvalue weighted by Crippen LogP contribution is 2.37. The summed E-state index contributed by atoms with van der Waals surface area (Å²) in [5.74, 6) is -1.60. The second-order valence-corrected chi connectivity index (χ2v) is 7.47. The first-order valence-electron chi connectivity index (χ1n) is 7.22. The van der Waals surface area contributed by atoms with E-state index in [0.29, 0.717) is 19.9 Å². The van der Waals surface area contributed by atoms with E-state index in [1.165, 1.54) is 17.0 Å². The Morgan fingerprint density at radius 2 is 2.04 bits per heavy atom. The van der Waals surface area contributed by atoms with Gasteiger partial charge in [-0.25, -0.2) is 0 Å². The first-order chi connectivity index (χ1) is 11.9. The minimum Gasteiger partial charge on any atom is -0.545 e. The molecule has 1 aliphatic rings. The van der Waals surface area contributed by atoms with E-state index in [1.54, 1.807) is 37.3 Å². The maximum absolute atomic E-state index is 12.8. The van der Waals surface area contributed by atoms with Crippen LogP contribution in [0.5, 0.6) is 0 Å². The molecule has 126 valence electrons. The topological polar surface area (TPSA) is 60.4 Å². The highest BCUT2D eigenvalue weighted by molar-refractivity contribution is 8.27. The molecule has 0 atom stereocenters. The zero-order valence-corrected chi connectivity index (χ0v) is 15.4. The Bertz CT molecular complexity index is 940. The lowest BCUT2D eigenvalue weighted by atomic mass is 10.1. The average Bonchev–Trinajstić information content (AvgIpc) is 2.82. The Labute approximate surface area is 159 Å². The quantitative estimate of drug-likeness (QED) is 0.595. The Morgan fingerprint density at radius 1 is 1.28 bits per heavy atom. The van der Waals surface area contributed by atoms with Crippen molar-refractivity contribution >= 4 is 63.5 Å². The molecule has 1 saturated heterocycles. The fourth-order valence-corrected chi connectivity index (χ4v) is 3.88. The van der Waals surface area contributed by atoms with Crippen molar-refractivity contribution in [3.05, 3.63) is 69.1 Å². The SMILES string of the molecule is Cc1ccc(C(=O)[O-])cc1N1C(=O)/C(=C/c2cccc(Cl)c2)SC1=S. The minimum atomic E-state index is -1.30. The van der Waals surface area contributed by atoms with Gasteiger partial charge in [0.15, 0.2) is 4.32 Å². The van der Waals surface area contributed by atoms with Gasteiger partial charge in [-0.3, -0.25) is 9.69 Å². The van der Waals surface area contributed by atoms with E-state index in [2.05, 4.69) is 0 Å². The number of thiocarbonyl (C=S) groups is 1. The number of aryl methyl sites for hydroxylation is 1. The molecule has 1 amide bonds. The van der Waals surface area contributed by atoms with E-state index in [9.17, 15) is 14.7 Å². The van der Waals surface area contributed by atoms with Crippen molar-refractivity contribution in [2.45, 2.75) is 6.92 Å². The van der Waals surface area contributed by atoms with Gasteiger partial charge in [0.1, 0.15) is 0 Å². The van der Waals surface area contributed by atoms with Crippen molar-refractivity contribution in [2.24, 2.45) is 0 Å². The van der Waals surface area contributed by atoms with Gasteiger partial charge in [-0.2, -0.15) is 0 Å². The van der Waals surface area contributed by atoms with Crippen molar-refractivity contribution in [1.82, 2.24) is 0 Å². The van der Waals surface area contributed by atoms with Crippen LogP contribution in [0, 0.1) is 6.92 Å². The number of amides is 1. The number of carboxylic acids is 1. The first kappa shape index (κ1) is 17.7. The van der Waals surface area contributed by atoms with Crippen LogP contribution in [0.1, 0.15) is 21.5 Å². The summed E-state index contributed by atoms with van der Waals surface area (Å²) in [7, 11) is 0. The smallest absolute Gasteiger partial charge is 0.270 e. The van der Waals surface area contributed by atoms with Crippen molar-refractivity contribution < 1.29 is 14.7 Å². The third-order valence-corrected chi connectivity index (χ3v) is 5.16. The molecule has 0 unspecified atom stereocenters. The van der Waals surface area contributed by atoms with Gasteiger partial charge in [0, 0.05) is 5.02 Å². The Morgan fingerprint density at radius 3 is 2.72 bits per heavy atom. The Hall–Kier alpha value is -2.15. The van der Waals surface area contributed by atoms with E-state index < -0.39 is 5.97 Å². The summed E-state index contributed by atoms with van der Waals surface area (Å²) in [4.78, 5) is 25.7. The van der Waals surface area contributed by atoms with Crippen LogP contribution in [0.25, 0.3) is 6.08 Å². The van der Waals surface area contributed by atoms with Crippen molar-refractivity contribution in [1.29, 1.82) is 0 Å². The number of nitrogens with zero attached hydrogens (tertiary/aromatic N) is 1. The summed E-state index contributed by atoms with van der Waals surface area (Å²) in [6.07, 6.45) is 1.71. The van der Waals surface area contributed by atoms with Gasteiger partial charge in [-0.05, 0) is 47.9 Å². The zero-order valence-electron chi connectivity index (χ0n) is 13.0. The Balaban J connectivity index is 2.00. The molecule has 1 aliphatic heterocycles. The summed E-state index contributed by atoms with van der Waals surface area (Å²) in [5.41, 5.74) is 1.96. The predicted octanol–water partition coefficient (Wildman–Crippen LogP) is 3.42. The van der Waals surface area contributed by atoms with Gasteiger partial charge >= 0.3 is 0 Å². The second-order valence-electron chi connectivity index (χ2n) is 5.36. The van der Waals surface area contributed by atoms with Gasteiger partial charge in [0.05, 0.1) is 16.6 Å². The normalized spacial score (nSPS) is 15.9. The molecule has 0 spiro atoms. The maximum atomic E-state index is 12.8. The molecule has 0 saturated carbocycles. The van der Waals surface area contributed by atoms with Gasteiger partial charge in [0.2, 0.25) is 0 Å². The lowest BCUT2D eigenvalue weighted by Gasteiger charge is -2.18. The van der Waals surface area contributed by atoms with Crippen molar-refractivity contribution in [3.63, 3.8) is 0 Å². The monoisotopic (exact) mass is 388 g/mol. The van der Waals surface area contributed by atoms with Crippen LogP contribution in [0.15, 0.2) is 47.4 Å². The zero-order chi connectivity index (χ0) is 18.1. The van der Waals surface area contributed by atoms with Gasteiger partial charge < -0.3 is 9.90 Å². The van der Waals surface area contributed by atoms with Crippen LogP contribution < -0.4 is 10.0 Å². The molecule has 25 heavy (non-hydrogen) atoms. The summed E-state index contributed by atoms with van der Waals surface area (Å²) >= 11 is 12.5. The lowest BCUT2D eigenvalue weighted by Crippen LogP contribution is -2.29. The van der Waals surface area contributed by atoms with Crippen LogP contribution in [0.3, 0.4) is 0 Å². The number of rotatable bonds is 3. The molecule has 4 nitrogen and oxygen atoms in total. The van der Waals surface area contributed by atoms with Crippen molar-refractivity contribution in [2.75, 3.05) is 4.90 Å². The molecule has 0 N–H and O–H groups in total. The number of halogens is 1. The number of carbonyl (C=O) groups excluding carboxylic acids is 2. The summed E-state index contributed by atoms with van der Waals surface area (Å²) in [5, 5.41) is 11.7. The molecule has 2 aromatic carbocycles. The molecular weight excluding hydrogens is 378 g/mol. The van der Waals surface area contributed by atoms with Crippen LogP contribution in [-0.2, 0) is 4.79 Å². The van der Waals surface area contributed by atoms with Crippen LogP contribution in [0.2, 0.25) is 5.02 Å². The maximum Gasteiger partial charge on any atom is 0.270 e. The largest absolute Gasteiger partial charge is 0.545 e. The second kappa shape index (κ2) is 7.00. The van der Waals surface area contributed by atoms with Gasteiger partial charge in [-0.1, -0.05) is 59.8 Å². The van der Waals surface area contributed by atoms with Gasteiger partial charge in [0.25, 0.3) is 5.91 Å². The Kier molecular flexibility index (Phi) is 4.94. The number of thioether (sulfide) groups is 1. The standard InChI is InChI=1S/C18H12ClNO3S2/c1-10-5-6-12(17(22)23)9-14(10)20-16(21)15(25-18(20)24)8-11-3-2-4-13(19)7-11/h2-9H,1H3,(H,22,23)/p-1/b15-8-. The van der Waals surface area contributed by atoms with Crippen molar-refractivity contribution in [3.8, 4) is 0 Å². The van der Waals surface area contributed by atoms with E-state index in [0.717, 1.165) is 22.9 Å². The number of aromatic carboxylic acids is 1. The van der Waals surface area contributed by atoms with Crippen LogP contribution in [0.4, 0.5) is 5.69 Å². The molecule has 0 aliphatic carbocycles. The summed E-state index contributed by atoms with van der Waals surface area (Å²) < 4.78 is 0.344. The highest BCUT2D eigenvalue weighted by Gasteiger charge is 2.34. The minimum absolute atomic E-state index is 0.00605. The van der Waals surface area contributed by atoms with E-state index >= 15 is 0 Å². The lowest BCUT2D eigenvalue weighted by molar-refractivity contribution is -0.255.